The molecule has 0 aromatic carbocycles. The topological polar surface area (TPSA) is 69.6 Å². The van der Waals surface area contributed by atoms with Gasteiger partial charge in [-0.1, -0.05) is 0 Å². The molecule has 0 saturated heterocycles. The summed E-state index contributed by atoms with van der Waals surface area (Å²) in [6, 6.07) is 3.78. The molecule has 0 spiro atoms. The van der Waals surface area contributed by atoms with Crippen molar-refractivity contribution < 1.29 is 0 Å². The lowest BCUT2D eigenvalue weighted by Crippen LogP contribution is -1.97. The van der Waals surface area contributed by atoms with Gasteiger partial charge < -0.3 is 5.73 Å². The molecule has 0 aliphatic heterocycles. The van der Waals surface area contributed by atoms with E-state index in [0.29, 0.717) is 11.8 Å². The van der Waals surface area contributed by atoms with Crippen LogP contribution >= 0.6 is 0 Å². The van der Waals surface area contributed by atoms with Crippen molar-refractivity contribution in [2.75, 3.05) is 5.73 Å². The molecule has 14 heavy (non-hydrogen) atoms. The first-order valence-corrected chi connectivity index (χ1v) is 4.27. The van der Waals surface area contributed by atoms with Crippen molar-refractivity contribution in [3.63, 3.8) is 0 Å². The smallest absolute Gasteiger partial charge is 0.218 e. The minimum absolute atomic E-state index is 0.406. The van der Waals surface area contributed by atoms with Gasteiger partial charge in [0.15, 0.2) is 5.82 Å². The number of aryl methyl sites for hydroxylation is 2. The number of aromatic nitrogens is 4. The quantitative estimate of drug-likeness (QED) is 0.719. The number of nitrogens with zero attached hydrogens (tertiary/aromatic N) is 4. The highest BCUT2D eigenvalue weighted by molar-refractivity contribution is 5.58. The molecule has 2 aromatic heterocycles. The Bertz CT molecular complexity index is 440. The molecule has 2 N–H and O–H groups in total. The Morgan fingerprint density at radius 1 is 1.43 bits per heavy atom. The van der Waals surface area contributed by atoms with E-state index in [2.05, 4.69) is 15.1 Å². The van der Waals surface area contributed by atoms with Crippen molar-refractivity contribution in [2.45, 2.75) is 6.92 Å². The van der Waals surface area contributed by atoms with Crippen LogP contribution in [0.2, 0.25) is 0 Å². The second-order valence-electron chi connectivity index (χ2n) is 3.05. The molecule has 72 valence electrons. The summed E-state index contributed by atoms with van der Waals surface area (Å²) in [6.07, 6.45) is 1.74. The lowest BCUT2D eigenvalue weighted by molar-refractivity contribution is 0.780. The van der Waals surface area contributed by atoms with Crippen molar-refractivity contribution in [2.24, 2.45) is 7.05 Å². The lowest BCUT2D eigenvalue weighted by Gasteiger charge is -1.97. The highest BCUT2D eigenvalue weighted by Crippen LogP contribution is 2.17. The second-order valence-corrected chi connectivity index (χ2v) is 3.05. The predicted octanol–water partition coefficient (Wildman–Crippen LogP) is 0.768. The molecular weight excluding hydrogens is 178 g/mol. The molecule has 0 unspecified atom stereocenters. The first-order chi connectivity index (χ1) is 6.68. The van der Waals surface area contributed by atoms with E-state index in [0.717, 1.165) is 11.3 Å². The third-order valence-electron chi connectivity index (χ3n) is 2.04. The van der Waals surface area contributed by atoms with Gasteiger partial charge in [-0.05, 0) is 19.1 Å². The largest absolute Gasteiger partial charge is 0.368 e. The monoisotopic (exact) mass is 189 g/mol. The molecule has 0 amide bonds. The van der Waals surface area contributed by atoms with E-state index in [1.165, 1.54) is 0 Å². The number of hydrogen-bond donors (Lipinski definition) is 1. The van der Waals surface area contributed by atoms with E-state index in [1.807, 2.05) is 19.1 Å². The SMILES string of the molecule is Cc1ncccc1-c1nc(N)n(C)n1. The number of rotatable bonds is 1. The van der Waals surface area contributed by atoms with Crippen molar-refractivity contribution in [1.29, 1.82) is 0 Å². The van der Waals surface area contributed by atoms with Crippen LogP contribution in [-0.2, 0) is 7.05 Å². The summed E-state index contributed by atoms with van der Waals surface area (Å²) >= 11 is 0. The summed E-state index contributed by atoms with van der Waals surface area (Å²) in [5.41, 5.74) is 7.41. The van der Waals surface area contributed by atoms with E-state index >= 15 is 0 Å². The lowest BCUT2D eigenvalue weighted by atomic mass is 10.2. The van der Waals surface area contributed by atoms with Crippen LogP contribution in [0.3, 0.4) is 0 Å². The third kappa shape index (κ3) is 1.32. The van der Waals surface area contributed by atoms with Crippen molar-refractivity contribution >= 4 is 5.95 Å². The van der Waals surface area contributed by atoms with Gasteiger partial charge in [0.05, 0.1) is 0 Å². The summed E-state index contributed by atoms with van der Waals surface area (Å²) in [5.74, 6) is 1.03. The normalized spacial score (nSPS) is 10.4. The Hall–Kier alpha value is -1.91. The minimum atomic E-state index is 0.406. The van der Waals surface area contributed by atoms with Crippen molar-refractivity contribution in [3.05, 3.63) is 24.0 Å². The Balaban J connectivity index is 2.55. The van der Waals surface area contributed by atoms with Crippen LogP contribution in [0.5, 0.6) is 0 Å². The molecule has 2 heterocycles. The van der Waals surface area contributed by atoms with E-state index in [9.17, 15) is 0 Å². The van der Waals surface area contributed by atoms with Gasteiger partial charge in [0, 0.05) is 24.5 Å². The molecule has 0 saturated carbocycles. The van der Waals surface area contributed by atoms with E-state index < -0.39 is 0 Å². The van der Waals surface area contributed by atoms with E-state index in [4.69, 9.17) is 5.73 Å². The number of anilines is 1. The fourth-order valence-corrected chi connectivity index (χ4v) is 1.23. The zero-order valence-electron chi connectivity index (χ0n) is 8.10. The van der Waals surface area contributed by atoms with Gasteiger partial charge in [-0.2, -0.15) is 4.98 Å². The standard InChI is InChI=1S/C9H11N5/c1-6-7(4-3-5-11-6)8-12-9(10)14(2)13-8/h3-5H,1-2H3,(H2,10,12,13). The molecule has 0 atom stereocenters. The molecular formula is C9H11N5. The van der Waals surface area contributed by atoms with Crippen LogP contribution in [0.1, 0.15) is 5.69 Å². The zero-order chi connectivity index (χ0) is 10.1. The van der Waals surface area contributed by atoms with Crippen LogP contribution in [0.25, 0.3) is 11.4 Å². The first-order valence-electron chi connectivity index (χ1n) is 4.27. The highest BCUT2D eigenvalue weighted by atomic mass is 15.4. The number of nitrogen functional groups attached to an aromatic ring is 1. The Labute approximate surface area is 81.6 Å². The summed E-state index contributed by atoms with van der Waals surface area (Å²) in [6.45, 7) is 1.92. The zero-order valence-corrected chi connectivity index (χ0v) is 8.10. The van der Waals surface area contributed by atoms with Crippen LogP contribution in [0.15, 0.2) is 18.3 Å². The highest BCUT2D eigenvalue weighted by Gasteiger charge is 2.08. The van der Waals surface area contributed by atoms with Crippen LogP contribution in [0.4, 0.5) is 5.95 Å². The van der Waals surface area contributed by atoms with Crippen LogP contribution in [-0.4, -0.2) is 19.7 Å². The van der Waals surface area contributed by atoms with Gasteiger partial charge in [-0.25, -0.2) is 4.68 Å². The minimum Gasteiger partial charge on any atom is -0.368 e. The van der Waals surface area contributed by atoms with Crippen molar-refractivity contribution in [3.8, 4) is 11.4 Å². The third-order valence-corrected chi connectivity index (χ3v) is 2.04. The summed E-state index contributed by atoms with van der Waals surface area (Å²) in [4.78, 5) is 8.30. The molecule has 0 radical (unpaired) electrons. The van der Waals surface area contributed by atoms with E-state index in [1.54, 1.807) is 17.9 Å². The molecule has 0 bridgehead atoms. The molecule has 5 nitrogen and oxygen atoms in total. The maximum absolute atomic E-state index is 5.60. The average Bonchev–Trinajstić information content (AvgIpc) is 2.48. The summed E-state index contributed by atoms with van der Waals surface area (Å²) in [5, 5.41) is 4.18. The van der Waals surface area contributed by atoms with E-state index in [-0.39, 0.29) is 0 Å². The number of hydrogen-bond acceptors (Lipinski definition) is 4. The summed E-state index contributed by atoms with van der Waals surface area (Å²) in [7, 11) is 1.76. The first kappa shape index (κ1) is 8.68. The molecule has 2 rings (SSSR count). The van der Waals surface area contributed by atoms with Gasteiger partial charge in [-0.15, -0.1) is 5.10 Å². The molecule has 0 aliphatic rings. The Morgan fingerprint density at radius 3 is 2.79 bits per heavy atom. The van der Waals surface area contributed by atoms with Gasteiger partial charge in [0.2, 0.25) is 5.95 Å². The average molecular weight is 189 g/mol. The Morgan fingerprint density at radius 2 is 2.21 bits per heavy atom. The van der Waals surface area contributed by atoms with Gasteiger partial charge in [-0.3, -0.25) is 4.98 Å². The maximum Gasteiger partial charge on any atom is 0.218 e. The van der Waals surface area contributed by atoms with Crippen LogP contribution < -0.4 is 5.73 Å². The molecule has 5 heteroatoms. The van der Waals surface area contributed by atoms with Gasteiger partial charge in [0.25, 0.3) is 0 Å². The fraction of sp³-hybridized carbons (Fsp3) is 0.222. The van der Waals surface area contributed by atoms with Gasteiger partial charge >= 0.3 is 0 Å². The fourth-order valence-electron chi connectivity index (χ4n) is 1.23. The maximum atomic E-state index is 5.60. The number of nitrogens with two attached hydrogens (primary N) is 1. The molecule has 0 aliphatic carbocycles. The Kier molecular flexibility index (Phi) is 1.92. The summed E-state index contributed by atoms with van der Waals surface area (Å²) < 4.78 is 1.54. The second kappa shape index (κ2) is 3.10. The van der Waals surface area contributed by atoms with Crippen molar-refractivity contribution in [1.82, 2.24) is 19.7 Å². The molecule has 2 aromatic rings. The van der Waals surface area contributed by atoms with Crippen LogP contribution in [0, 0.1) is 6.92 Å². The van der Waals surface area contributed by atoms with Gasteiger partial charge in [0.1, 0.15) is 0 Å². The predicted molar refractivity (Wildman–Crippen MR) is 53.4 cm³/mol. The number of pyridine rings is 1. The molecule has 0 fully saturated rings.